The van der Waals surface area contributed by atoms with Crippen LogP contribution in [0.1, 0.15) is 0 Å². The first-order chi connectivity index (χ1) is 20.3. The first kappa shape index (κ1) is 21.2. The molecule has 4 nitrogen and oxygen atoms in total. The van der Waals surface area contributed by atoms with Crippen LogP contribution in [0.15, 0.2) is 132 Å². The second-order valence-corrected chi connectivity index (χ2v) is 10.8. The number of imidazole rings is 1. The molecular formula is C37H21N3O. The van der Waals surface area contributed by atoms with Gasteiger partial charge in [0.15, 0.2) is 0 Å². The van der Waals surface area contributed by atoms with E-state index in [0.29, 0.717) is 0 Å². The Hall–Kier alpha value is -5.61. The molecule has 0 aliphatic carbocycles. The normalized spacial score (nSPS) is 12.4. The maximum Gasteiger partial charge on any atom is 0.146 e. The average molecular weight is 524 g/mol. The van der Waals surface area contributed by atoms with Crippen molar-refractivity contribution in [2.24, 2.45) is 0 Å². The van der Waals surface area contributed by atoms with Gasteiger partial charge in [0.05, 0.1) is 27.6 Å². The van der Waals surface area contributed by atoms with Gasteiger partial charge in [-0.15, -0.1) is 0 Å². The van der Waals surface area contributed by atoms with E-state index in [2.05, 4.69) is 124 Å². The first-order valence-corrected chi connectivity index (χ1v) is 13.9. The molecule has 10 rings (SSSR count). The van der Waals surface area contributed by atoms with Crippen molar-refractivity contribution < 1.29 is 4.42 Å². The summed E-state index contributed by atoms with van der Waals surface area (Å²) in [5, 5.41) is 8.29. The molecule has 0 bridgehead atoms. The number of rotatable bonds is 1. The third-order valence-corrected chi connectivity index (χ3v) is 8.67. The predicted octanol–water partition coefficient (Wildman–Crippen LogP) is 9.79. The van der Waals surface area contributed by atoms with Crippen molar-refractivity contribution in [2.45, 2.75) is 0 Å². The molecule has 0 atom stereocenters. The lowest BCUT2D eigenvalue weighted by Gasteiger charge is -2.12. The molecule has 10 aromatic rings. The van der Waals surface area contributed by atoms with Crippen molar-refractivity contribution in [3.05, 3.63) is 127 Å². The molecule has 0 unspecified atom stereocenters. The minimum atomic E-state index is 0.904. The number of hydrogen-bond acceptors (Lipinski definition) is 2. The van der Waals surface area contributed by atoms with Crippen molar-refractivity contribution >= 4 is 82.1 Å². The summed E-state index contributed by atoms with van der Waals surface area (Å²) in [7, 11) is 0. The largest absolute Gasteiger partial charge is 0.456 e. The van der Waals surface area contributed by atoms with E-state index in [1.54, 1.807) is 0 Å². The Morgan fingerprint density at radius 3 is 2.00 bits per heavy atom. The zero-order valence-electron chi connectivity index (χ0n) is 21.9. The van der Waals surface area contributed by atoms with Gasteiger partial charge >= 0.3 is 0 Å². The summed E-state index contributed by atoms with van der Waals surface area (Å²) in [6, 6.07) is 45.3. The summed E-state index contributed by atoms with van der Waals surface area (Å²) in [5.41, 5.74) is 9.59. The molecule has 0 radical (unpaired) electrons. The fourth-order valence-corrected chi connectivity index (χ4v) is 6.90. The van der Waals surface area contributed by atoms with Crippen LogP contribution < -0.4 is 0 Å². The van der Waals surface area contributed by atoms with E-state index in [9.17, 15) is 0 Å². The minimum Gasteiger partial charge on any atom is -0.456 e. The van der Waals surface area contributed by atoms with Gasteiger partial charge in [-0.1, -0.05) is 72.8 Å². The van der Waals surface area contributed by atoms with Crippen LogP contribution in [0.5, 0.6) is 0 Å². The van der Waals surface area contributed by atoms with Crippen LogP contribution in [0.2, 0.25) is 0 Å². The number of pyridine rings is 1. The lowest BCUT2D eigenvalue weighted by Crippen LogP contribution is -1.95. The Balaban J connectivity index is 1.41. The SMILES string of the molecule is c1ccc2c(c1)nc1c3ccccc3c3cc4c(cc3n21)c1ccccc1n4-c1ccc2oc3ccccc3c2c1. The van der Waals surface area contributed by atoms with Gasteiger partial charge in [-0.05, 0) is 60.0 Å². The molecule has 0 aliphatic heterocycles. The maximum atomic E-state index is 6.16. The number of hydrogen-bond donors (Lipinski definition) is 0. The maximum absolute atomic E-state index is 6.16. The molecule has 4 heterocycles. The zero-order valence-corrected chi connectivity index (χ0v) is 21.9. The molecule has 0 N–H and O–H groups in total. The molecule has 6 aromatic carbocycles. The van der Waals surface area contributed by atoms with E-state index in [0.717, 1.165) is 49.7 Å². The molecule has 4 aromatic heterocycles. The highest BCUT2D eigenvalue weighted by atomic mass is 16.3. The Kier molecular flexibility index (Phi) is 3.90. The minimum absolute atomic E-state index is 0.904. The van der Waals surface area contributed by atoms with Gasteiger partial charge < -0.3 is 8.98 Å². The quantitative estimate of drug-likeness (QED) is 0.201. The third-order valence-electron chi connectivity index (χ3n) is 8.67. The predicted molar refractivity (Wildman–Crippen MR) is 169 cm³/mol. The molecule has 0 fully saturated rings. The summed E-state index contributed by atoms with van der Waals surface area (Å²) in [6.45, 7) is 0. The topological polar surface area (TPSA) is 35.4 Å². The molecule has 4 heteroatoms. The van der Waals surface area contributed by atoms with E-state index in [-0.39, 0.29) is 0 Å². The summed E-state index contributed by atoms with van der Waals surface area (Å²) < 4.78 is 10.9. The average Bonchev–Trinajstić information content (AvgIpc) is 3.70. The van der Waals surface area contributed by atoms with Crippen LogP contribution in [0, 0.1) is 0 Å². The highest BCUT2D eigenvalue weighted by molar-refractivity contribution is 6.20. The highest BCUT2D eigenvalue weighted by Crippen LogP contribution is 2.40. The number of fused-ring (bicyclic) bond motifs is 14. The number of benzene rings is 6. The molecular weight excluding hydrogens is 502 g/mol. The van der Waals surface area contributed by atoms with Crippen LogP contribution >= 0.6 is 0 Å². The molecule has 0 aliphatic rings. The van der Waals surface area contributed by atoms with Crippen LogP contribution in [0.3, 0.4) is 0 Å². The van der Waals surface area contributed by atoms with Gasteiger partial charge in [-0.2, -0.15) is 0 Å². The summed E-state index contributed by atoms with van der Waals surface area (Å²) in [4.78, 5) is 5.09. The molecule has 0 amide bonds. The zero-order chi connectivity index (χ0) is 26.7. The van der Waals surface area contributed by atoms with Crippen molar-refractivity contribution in [1.29, 1.82) is 0 Å². The van der Waals surface area contributed by atoms with Crippen LogP contribution in [0.25, 0.3) is 87.8 Å². The molecule has 41 heavy (non-hydrogen) atoms. The highest BCUT2D eigenvalue weighted by Gasteiger charge is 2.19. The lowest BCUT2D eigenvalue weighted by molar-refractivity contribution is 0.669. The van der Waals surface area contributed by atoms with Crippen molar-refractivity contribution in [2.75, 3.05) is 0 Å². The number of para-hydroxylation sites is 4. The van der Waals surface area contributed by atoms with Crippen molar-refractivity contribution in [1.82, 2.24) is 14.0 Å². The van der Waals surface area contributed by atoms with Gasteiger partial charge in [0, 0.05) is 38.0 Å². The van der Waals surface area contributed by atoms with Crippen molar-refractivity contribution in [3.8, 4) is 5.69 Å². The van der Waals surface area contributed by atoms with Gasteiger partial charge in [-0.3, -0.25) is 4.40 Å². The standard InChI is InChI=1S/C37H21N3O/c1-2-12-26-23(9-1)27-20-33-28(21-34(27)40-32-15-7-5-13-30(32)38-37(26)40)24-10-3-6-14-31(24)39(33)22-17-18-36-29(19-22)25-11-4-8-16-35(25)41-36/h1-21H. The Morgan fingerprint density at radius 2 is 1.10 bits per heavy atom. The Labute approximate surface area is 233 Å². The number of aromatic nitrogens is 3. The van der Waals surface area contributed by atoms with Gasteiger partial charge in [-0.25, -0.2) is 4.98 Å². The van der Waals surface area contributed by atoms with Crippen molar-refractivity contribution in [3.63, 3.8) is 0 Å². The second-order valence-electron chi connectivity index (χ2n) is 10.8. The van der Waals surface area contributed by atoms with Crippen LogP contribution in [-0.4, -0.2) is 14.0 Å². The Morgan fingerprint density at radius 1 is 0.439 bits per heavy atom. The summed E-state index contributed by atoms with van der Waals surface area (Å²) >= 11 is 0. The monoisotopic (exact) mass is 523 g/mol. The van der Waals surface area contributed by atoms with E-state index in [1.807, 2.05) is 12.1 Å². The molecule has 0 spiro atoms. The molecule has 190 valence electrons. The van der Waals surface area contributed by atoms with Gasteiger partial charge in [0.1, 0.15) is 16.8 Å². The van der Waals surface area contributed by atoms with E-state index < -0.39 is 0 Å². The number of furan rings is 1. The summed E-state index contributed by atoms with van der Waals surface area (Å²) in [6.07, 6.45) is 0. The molecule has 0 saturated heterocycles. The van der Waals surface area contributed by atoms with E-state index in [4.69, 9.17) is 9.40 Å². The van der Waals surface area contributed by atoms with Crippen LogP contribution in [-0.2, 0) is 0 Å². The van der Waals surface area contributed by atoms with Gasteiger partial charge in [0.25, 0.3) is 0 Å². The van der Waals surface area contributed by atoms with E-state index in [1.165, 1.54) is 38.1 Å². The Bertz CT molecular complexity index is 2700. The fourth-order valence-electron chi connectivity index (χ4n) is 6.90. The third kappa shape index (κ3) is 2.71. The first-order valence-electron chi connectivity index (χ1n) is 13.9. The summed E-state index contributed by atoms with van der Waals surface area (Å²) in [5.74, 6) is 0. The molecule has 0 saturated carbocycles. The second kappa shape index (κ2) is 7.52. The lowest BCUT2D eigenvalue weighted by atomic mass is 10.0. The fraction of sp³-hybridized carbons (Fsp3) is 0. The number of nitrogens with zero attached hydrogens (tertiary/aromatic N) is 3. The van der Waals surface area contributed by atoms with E-state index >= 15 is 0 Å². The van der Waals surface area contributed by atoms with Gasteiger partial charge in [0.2, 0.25) is 0 Å². The van der Waals surface area contributed by atoms with Crippen LogP contribution in [0.4, 0.5) is 0 Å². The smallest absolute Gasteiger partial charge is 0.146 e.